The van der Waals surface area contributed by atoms with Crippen molar-refractivity contribution in [2.24, 2.45) is 5.92 Å². The number of fused-ring (bicyclic) bond motifs is 1. The molecular formula is C18H24N2. The zero-order chi connectivity index (χ0) is 13.8. The summed E-state index contributed by atoms with van der Waals surface area (Å²) in [5.74, 6) is 0.853. The van der Waals surface area contributed by atoms with E-state index in [0.717, 1.165) is 12.5 Å². The molecule has 0 bridgehead atoms. The summed E-state index contributed by atoms with van der Waals surface area (Å²) in [4.78, 5) is 4.36. The molecule has 1 fully saturated rings. The van der Waals surface area contributed by atoms with E-state index in [1.54, 1.807) is 0 Å². The number of aromatic nitrogens is 1. The van der Waals surface area contributed by atoms with Gasteiger partial charge in [-0.3, -0.25) is 4.98 Å². The Kier molecular flexibility index (Phi) is 4.31. The molecule has 1 heterocycles. The Morgan fingerprint density at radius 1 is 1.15 bits per heavy atom. The maximum atomic E-state index is 4.36. The minimum absolute atomic E-state index is 0.606. The molecule has 1 aromatic heterocycles. The van der Waals surface area contributed by atoms with Crippen LogP contribution in [0.3, 0.4) is 0 Å². The van der Waals surface area contributed by atoms with Crippen LogP contribution in [0.1, 0.15) is 44.6 Å². The fourth-order valence-corrected chi connectivity index (χ4v) is 3.39. The third-order valence-electron chi connectivity index (χ3n) is 4.72. The van der Waals surface area contributed by atoms with Gasteiger partial charge in [0.1, 0.15) is 0 Å². The van der Waals surface area contributed by atoms with Gasteiger partial charge in [-0.05, 0) is 36.6 Å². The second kappa shape index (κ2) is 6.36. The lowest BCUT2D eigenvalue weighted by Crippen LogP contribution is -2.34. The van der Waals surface area contributed by atoms with Crippen molar-refractivity contribution in [2.75, 3.05) is 0 Å². The number of hydrogen-bond acceptors (Lipinski definition) is 2. The van der Waals surface area contributed by atoms with Crippen molar-refractivity contribution in [1.29, 1.82) is 0 Å². The predicted molar refractivity (Wildman–Crippen MR) is 84.6 cm³/mol. The molecule has 3 rings (SSSR count). The zero-order valence-corrected chi connectivity index (χ0v) is 12.3. The molecule has 1 aromatic carbocycles. The molecule has 1 atom stereocenters. The van der Waals surface area contributed by atoms with Gasteiger partial charge in [-0.1, -0.05) is 43.5 Å². The van der Waals surface area contributed by atoms with Gasteiger partial charge in [0.15, 0.2) is 0 Å². The minimum Gasteiger partial charge on any atom is -0.310 e. The van der Waals surface area contributed by atoms with Gasteiger partial charge in [-0.25, -0.2) is 0 Å². The fraction of sp³-hybridized carbons (Fsp3) is 0.500. The van der Waals surface area contributed by atoms with Crippen LogP contribution < -0.4 is 5.32 Å². The van der Waals surface area contributed by atoms with Crippen LogP contribution in [0.5, 0.6) is 0 Å². The summed E-state index contributed by atoms with van der Waals surface area (Å²) in [5, 5.41) is 6.28. The molecular weight excluding hydrogens is 244 g/mol. The SMILES string of the molecule is C[C@H](NCc1cncc2ccccc12)C1CCCCC1. The monoisotopic (exact) mass is 268 g/mol. The molecule has 0 amide bonds. The van der Waals surface area contributed by atoms with Crippen LogP contribution >= 0.6 is 0 Å². The van der Waals surface area contributed by atoms with E-state index in [0.29, 0.717) is 6.04 Å². The second-order valence-electron chi connectivity index (χ2n) is 6.09. The van der Waals surface area contributed by atoms with Gasteiger partial charge < -0.3 is 5.32 Å². The zero-order valence-electron chi connectivity index (χ0n) is 12.3. The molecule has 106 valence electrons. The Hall–Kier alpha value is -1.41. The van der Waals surface area contributed by atoms with Crippen molar-refractivity contribution in [2.45, 2.75) is 51.6 Å². The lowest BCUT2D eigenvalue weighted by atomic mass is 9.84. The quantitative estimate of drug-likeness (QED) is 0.894. The van der Waals surface area contributed by atoms with Crippen molar-refractivity contribution in [3.05, 3.63) is 42.2 Å². The topological polar surface area (TPSA) is 24.9 Å². The van der Waals surface area contributed by atoms with Crippen LogP contribution in [0.25, 0.3) is 10.8 Å². The van der Waals surface area contributed by atoms with Crippen LogP contribution in [0.2, 0.25) is 0 Å². The molecule has 2 nitrogen and oxygen atoms in total. The van der Waals surface area contributed by atoms with Gasteiger partial charge in [0.2, 0.25) is 0 Å². The second-order valence-corrected chi connectivity index (χ2v) is 6.09. The van der Waals surface area contributed by atoms with E-state index in [4.69, 9.17) is 0 Å². The molecule has 0 radical (unpaired) electrons. The average Bonchev–Trinajstić information content (AvgIpc) is 2.53. The van der Waals surface area contributed by atoms with Crippen molar-refractivity contribution in [3.63, 3.8) is 0 Å². The molecule has 20 heavy (non-hydrogen) atoms. The Labute approximate surface area is 121 Å². The van der Waals surface area contributed by atoms with Gasteiger partial charge in [0.05, 0.1) is 0 Å². The van der Waals surface area contributed by atoms with Crippen LogP contribution in [-0.4, -0.2) is 11.0 Å². The molecule has 0 aliphatic heterocycles. The molecule has 2 aromatic rings. The predicted octanol–water partition coefficient (Wildman–Crippen LogP) is 4.29. The molecule has 0 unspecified atom stereocenters. The van der Waals surface area contributed by atoms with Crippen molar-refractivity contribution in [3.8, 4) is 0 Å². The summed E-state index contributed by atoms with van der Waals surface area (Å²) < 4.78 is 0. The molecule has 2 heteroatoms. The molecule has 1 saturated carbocycles. The van der Waals surface area contributed by atoms with E-state index < -0.39 is 0 Å². The Bertz CT molecular complexity index is 553. The smallest absolute Gasteiger partial charge is 0.0346 e. The molecule has 0 spiro atoms. The highest BCUT2D eigenvalue weighted by molar-refractivity contribution is 5.84. The van der Waals surface area contributed by atoms with Crippen LogP contribution in [0.15, 0.2) is 36.7 Å². The van der Waals surface area contributed by atoms with E-state index in [2.05, 4.69) is 41.5 Å². The van der Waals surface area contributed by atoms with E-state index in [-0.39, 0.29) is 0 Å². The van der Waals surface area contributed by atoms with Gasteiger partial charge in [-0.15, -0.1) is 0 Å². The first kappa shape index (κ1) is 13.6. The van der Waals surface area contributed by atoms with E-state index in [1.165, 1.54) is 48.4 Å². The highest BCUT2D eigenvalue weighted by Gasteiger charge is 2.19. The lowest BCUT2D eigenvalue weighted by Gasteiger charge is -2.28. The summed E-state index contributed by atoms with van der Waals surface area (Å²) >= 11 is 0. The average molecular weight is 268 g/mol. The van der Waals surface area contributed by atoms with Crippen LogP contribution in [0, 0.1) is 5.92 Å². The summed E-state index contributed by atoms with van der Waals surface area (Å²) in [6.45, 7) is 3.26. The number of rotatable bonds is 4. The normalized spacial score (nSPS) is 18.2. The Balaban J connectivity index is 1.67. The maximum absolute atomic E-state index is 4.36. The summed E-state index contributed by atoms with van der Waals surface area (Å²) in [5.41, 5.74) is 1.31. The van der Waals surface area contributed by atoms with E-state index >= 15 is 0 Å². The summed E-state index contributed by atoms with van der Waals surface area (Å²) in [6, 6.07) is 9.12. The largest absolute Gasteiger partial charge is 0.310 e. The Morgan fingerprint density at radius 2 is 1.95 bits per heavy atom. The lowest BCUT2D eigenvalue weighted by molar-refractivity contribution is 0.281. The first-order chi connectivity index (χ1) is 9.84. The number of benzene rings is 1. The van der Waals surface area contributed by atoms with Crippen molar-refractivity contribution in [1.82, 2.24) is 10.3 Å². The standard InChI is InChI=1S/C18H24N2/c1-14(15-7-3-2-4-8-15)20-13-17-12-19-11-16-9-5-6-10-18(16)17/h5-6,9-12,14-15,20H,2-4,7-8,13H2,1H3/t14-/m0/s1. The third kappa shape index (κ3) is 3.01. The van der Waals surface area contributed by atoms with Gasteiger partial charge >= 0.3 is 0 Å². The Morgan fingerprint density at radius 3 is 2.80 bits per heavy atom. The van der Waals surface area contributed by atoms with Gasteiger partial charge in [0.25, 0.3) is 0 Å². The fourth-order valence-electron chi connectivity index (χ4n) is 3.39. The maximum Gasteiger partial charge on any atom is 0.0346 e. The summed E-state index contributed by atoms with van der Waals surface area (Å²) in [7, 11) is 0. The van der Waals surface area contributed by atoms with Crippen LogP contribution in [0.4, 0.5) is 0 Å². The number of nitrogens with one attached hydrogen (secondary N) is 1. The van der Waals surface area contributed by atoms with Gasteiger partial charge in [0, 0.05) is 30.4 Å². The van der Waals surface area contributed by atoms with Crippen LogP contribution in [-0.2, 0) is 6.54 Å². The number of pyridine rings is 1. The highest BCUT2D eigenvalue weighted by Crippen LogP contribution is 2.26. The molecule has 1 aliphatic carbocycles. The van der Waals surface area contributed by atoms with E-state index in [1.807, 2.05) is 12.4 Å². The molecule has 0 saturated heterocycles. The number of nitrogens with zero attached hydrogens (tertiary/aromatic N) is 1. The minimum atomic E-state index is 0.606. The van der Waals surface area contributed by atoms with Crippen molar-refractivity contribution < 1.29 is 0 Å². The van der Waals surface area contributed by atoms with Crippen molar-refractivity contribution >= 4 is 10.8 Å². The molecule has 1 aliphatic rings. The summed E-state index contributed by atoms with van der Waals surface area (Å²) in [6.07, 6.45) is 11.0. The third-order valence-corrected chi connectivity index (χ3v) is 4.72. The highest BCUT2D eigenvalue weighted by atomic mass is 14.9. The number of hydrogen-bond donors (Lipinski definition) is 1. The first-order valence-corrected chi connectivity index (χ1v) is 7.89. The van der Waals surface area contributed by atoms with Gasteiger partial charge in [-0.2, -0.15) is 0 Å². The molecule has 1 N–H and O–H groups in total. The van der Waals surface area contributed by atoms with E-state index in [9.17, 15) is 0 Å². The first-order valence-electron chi connectivity index (χ1n) is 7.89.